The van der Waals surface area contributed by atoms with E-state index in [-0.39, 0.29) is 0 Å². The number of hydrogen-bond acceptors (Lipinski definition) is 2. The molecular weight excluding hydrogens is 210 g/mol. The molecule has 1 aromatic rings. The molecule has 17 heavy (non-hydrogen) atoms. The van der Waals surface area contributed by atoms with Gasteiger partial charge in [0.05, 0.1) is 7.11 Å². The van der Waals surface area contributed by atoms with E-state index in [0.717, 1.165) is 18.7 Å². The van der Waals surface area contributed by atoms with Crippen LogP contribution in [0.4, 0.5) is 0 Å². The lowest BCUT2D eigenvalue weighted by Crippen LogP contribution is -2.35. The SMILES string of the molecule is COc1cc(C)c(C)cc1CC1CCCCN1. The Kier molecular flexibility index (Phi) is 4.06. The average molecular weight is 233 g/mol. The molecule has 1 aliphatic heterocycles. The zero-order valence-corrected chi connectivity index (χ0v) is 11.2. The first kappa shape index (κ1) is 12.4. The molecule has 1 aliphatic rings. The van der Waals surface area contributed by atoms with Gasteiger partial charge in [0, 0.05) is 6.04 Å². The zero-order chi connectivity index (χ0) is 12.3. The minimum Gasteiger partial charge on any atom is -0.496 e. The third-order valence-corrected chi connectivity index (χ3v) is 3.78. The van der Waals surface area contributed by atoms with Crippen molar-refractivity contribution in [3.63, 3.8) is 0 Å². The quantitative estimate of drug-likeness (QED) is 0.866. The molecule has 1 unspecified atom stereocenters. The molecule has 2 rings (SSSR count). The van der Waals surface area contributed by atoms with Crippen LogP contribution < -0.4 is 10.1 Å². The summed E-state index contributed by atoms with van der Waals surface area (Å²) in [7, 11) is 1.77. The molecule has 2 nitrogen and oxygen atoms in total. The van der Waals surface area contributed by atoms with Crippen molar-refractivity contribution in [2.45, 2.75) is 45.6 Å². The van der Waals surface area contributed by atoms with Crippen LogP contribution in [0.2, 0.25) is 0 Å². The minimum atomic E-state index is 0.625. The fraction of sp³-hybridized carbons (Fsp3) is 0.600. The number of methoxy groups -OCH3 is 1. The molecule has 0 saturated carbocycles. The number of benzene rings is 1. The highest BCUT2D eigenvalue weighted by Crippen LogP contribution is 2.25. The first-order chi connectivity index (χ1) is 8.20. The summed E-state index contributed by atoms with van der Waals surface area (Å²) < 4.78 is 5.49. The topological polar surface area (TPSA) is 21.3 Å². The Balaban J connectivity index is 2.15. The first-order valence-electron chi connectivity index (χ1n) is 6.58. The van der Waals surface area contributed by atoms with E-state index in [4.69, 9.17) is 4.74 Å². The summed E-state index contributed by atoms with van der Waals surface area (Å²) in [6, 6.07) is 5.07. The van der Waals surface area contributed by atoms with E-state index in [1.54, 1.807) is 7.11 Å². The lowest BCUT2D eigenvalue weighted by Gasteiger charge is -2.24. The first-order valence-corrected chi connectivity index (χ1v) is 6.58. The van der Waals surface area contributed by atoms with Gasteiger partial charge in [-0.25, -0.2) is 0 Å². The summed E-state index contributed by atoms with van der Waals surface area (Å²) in [6.07, 6.45) is 5.05. The molecule has 0 spiro atoms. The molecule has 1 fully saturated rings. The van der Waals surface area contributed by atoms with Crippen molar-refractivity contribution in [1.29, 1.82) is 0 Å². The number of ether oxygens (including phenoxy) is 1. The van der Waals surface area contributed by atoms with Crippen LogP contribution in [0.1, 0.15) is 36.0 Å². The summed E-state index contributed by atoms with van der Waals surface area (Å²) in [6.45, 7) is 5.48. The van der Waals surface area contributed by atoms with Gasteiger partial charge in [0.1, 0.15) is 5.75 Å². The van der Waals surface area contributed by atoms with Gasteiger partial charge in [-0.15, -0.1) is 0 Å². The lowest BCUT2D eigenvalue weighted by atomic mass is 9.95. The molecule has 1 N–H and O–H groups in total. The lowest BCUT2D eigenvalue weighted by molar-refractivity contribution is 0.381. The number of hydrogen-bond donors (Lipinski definition) is 1. The highest BCUT2D eigenvalue weighted by atomic mass is 16.5. The Hall–Kier alpha value is -1.02. The second-order valence-corrected chi connectivity index (χ2v) is 5.10. The molecule has 0 bridgehead atoms. The largest absolute Gasteiger partial charge is 0.496 e. The van der Waals surface area contributed by atoms with Gasteiger partial charge < -0.3 is 10.1 Å². The molecule has 0 radical (unpaired) electrons. The van der Waals surface area contributed by atoms with Crippen molar-refractivity contribution in [1.82, 2.24) is 5.32 Å². The number of aryl methyl sites for hydroxylation is 2. The monoisotopic (exact) mass is 233 g/mol. The Bertz CT molecular complexity index is 381. The van der Waals surface area contributed by atoms with E-state index in [1.807, 2.05) is 0 Å². The molecule has 0 aliphatic carbocycles. The third kappa shape index (κ3) is 3.01. The van der Waals surface area contributed by atoms with Gasteiger partial charge in [-0.1, -0.05) is 12.5 Å². The highest BCUT2D eigenvalue weighted by Gasteiger charge is 2.15. The molecule has 1 atom stereocenters. The van der Waals surface area contributed by atoms with Crippen LogP contribution in [0, 0.1) is 13.8 Å². The van der Waals surface area contributed by atoms with Gasteiger partial charge in [0.2, 0.25) is 0 Å². The van der Waals surface area contributed by atoms with E-state index in [1.165, 1.54) is 36.0 Å². The molecule has 1 heterocycles. The van der Waals surface area contributed by atoms with Crippen LogP contribution >= 0.6 is 0 Å². The highest BCUT2D eigenvalue weighted by molar-refractivity contribution is 5.42. The van der Waals surface area contributed by atoms with Crippen molar-refractivity contribution in [3.05, 3.63) is 28.8 Å². The average Bonchev–Trinajstić information content (AvgIpc) is 2.35. The van der Waals surface area contributed by atoms with E-state index in [2.05, 4.69) is 31.3 Å². The summed E-state index contributed by atoms with van der Waals surface area (Å²) in [5.74, 6) is 1.04. The molecule has 94 valence electrons. The van der Waals surface area contributed by atoms with Crippen LogP contribution in [0.15, 0.2) is 12.1 Å². The summed E-state index contributed by atoms with van der Waals surface area (Å²) in [4.78, 5) is 0. The maximum absolute atomic E-state index is 5.49. The molecule has 0 amide bonds. The van der Waals surface area contributed by atoms with Crippen LogP contribution in [0.5, 0.6) is 5.75 Å². The zero-order valence-electron chi connectivity index (χ0n) is 11.2. The van der Waals surface area contributed by atoms with Crippen LogP contribution in [-0.2, 0) is 6.42 Å². The van der Waals surface area contributed by atoms with Crippen LogP contribution in [-0.4, -0.2) is 19.7 Å². The van der Waals surface area contributed by atoms with Crippen LogP contribution in [0.3, 0.4) is 0 Å². The van der Waals surface area contributed by atoms with Gasteiger partial charge in [-0.3, -0.25) is 0 Å². The minimum absolute atomic E-state index is 0.625. The van der Waals surface area contributed by atoms with Crippen molar-refractivity contribution >= 4 is 0 Å². The molecule has 2 heteroatoms. The Morgan fingerprint density at radius 3 is 2.65 bits per heavy atom. The van der Waals surface area contributed by atoms with Gasteiger partial charge >= 0.3 is 0 Å². The van der Waals surface area contributed by atoms with Crippen LogP contribution in [0.25, 0.3) is 0 Å². The number of piperidine rings is 1. The van der Waals surface area contributed by atoms with Crippen molar-refractivity contribution in [2.75, 3.05) is 13.7 Å². The molecule has 1 aromatic carbocycles. The normalized spacial score (nSPS) is 20.3. The fourth-order valence-corrected chi connectivity index (χ4v) is 2.56. The molecular formula is C15H23NO. The predicted octanol–water partition coefficient (Wildman–Crippen LogP) is 3.00. The Morgan fingerprint density at radius 1 is 1.24 bits per heavy atom. The van der Waals surface area contributed by atoms with Gasteiger partial charge in [-0.2, -0.15) is 0 Å². The smallest absolute Gasteiger partial charge is 0.122 e. The second kappa shape index (κ2) is 5.54. The molecule has 0 aromatic heterocycles. The van der Waals surface area contributed by atoms with Gasteiger partial charge in [0.25, 0.3) is 0 Å². The number of rotatable bonds is 3. The van der Waals surface area contributed by atoms with Gasteiger partial charge in [-0.05, 0) is 62.4 Å². The van der Waals surface area contributed by atoms with Crippen molar-refractivity contribution in [2.24, 2.45) is 0 Å². The van der Waals surface area contributed by atoms with Gasteiger partial charge in [0.15, 0.2) is 0 Å². The summed E-state index contributed by atoms with van der Waals surface area (Å²) in [5, 5.41) is 3.60. The van der Waals surface area contributed by atoms with Crippen molar-refractivity contribution in [3.8, 4) is 5.75 Å². The Morgan fingerprint density at radius 2 is 2.00 bits per heavy atom. The summed E-state index contributed by atoms with van der Waals surface area (Å²) in [5.41, 5.74) is 4.01. The van der Waals surface area contributed by atoms with E-state index < -0.39 is 0 Å². The second-order valence-electron chi connectivity index (χ2n) is 5.10. The van der Waals surface area contributed by atoms with E-state index in [9.17, 15) is 0 Å². The maximum atomic E-state index is 5.49. The standard InChI is InChI=1S/C15H23NO/c1-11-8-13(15(17-3)9-12(11)2)10-14-6-4-5-7-16-14/h8-9,14,16H,4-7,10H2,1-3H3. The number of nitrogens with one attached hydrogen (secondary N) is 1. The fourth-order valence-electron chi connectivity index (χ4n) is 2.56. The maximum Gasteiger partial charge on any atom is 0.122 e. The van der Waals surface area contributed by atoms with Crippen molar-refractivity contribution < 1.29 is 4.74 Å². The van der Waals surface area contributed by atoms with E-state index >= 15 is 0 Å². The third-order valence-electron chi connectivity index (χ3n) is 3.78. The van der Waals surface area contributed by atoms with E-state index in [0.29, 0.717) is 6.04 Å². The summed E-state index contributed by atoms with van der Waals surface area (Å²) >= 11 is 0. The predicted molar refractivity (Wildman–Crippen MR) is 71.8 cm³/mol. The Labute approximate surface area is 104 Å². The molecule has 1 saturated heterocycles.